The molecule has 0 fully saturated rings. The average molecular weight is 451 g/mol. The smallest absolute Gasteiger partial charge is 0.257 e. The summed E-state index contributed by atoms with van der Waals surface area (Å²) in [6.45, 7) is 7.85. The van der Waals surface area contributed by atoms with Gasteiger partial charge in [0.25, 0.3) is 5.91 Å². The zero-order valence-electron chi connectivity index (χ0n) is 17.8. The maximum atomic E-state index is 13.4. The van der Waals surface area contributed by atoms with Gasteiger partial charge in [-0.2, -0.15) is 5.10 Å². The zero-order chi connectivity index (χ0) is 22.1. The van der Waals surface area contributed by atoms with E-state index in [4.69, 9.17) is 16.6 Å². The molecule has 1 atom stereocenters. The van der Waals surface area contributed by atoms with E-state index in [0.29, 0.717) is 11.3 Å². The average Bonchev–Trinajstić information content (AvgIpc) is 3.25. The number of nitrogens with one attached hydrogen (secondary N) is 1. The number of carbonyl (C=O) groups is 1. The second kappa shape index (κ2) is 8.65. The fourth-order valence-corrected chi connectivity index (χ4v) is 4.86. The van der Waals surface area contributed by atoms with E-state index >= 15 is 0 Å². The van der Waals surface area contributed by atoms with E-state index in [1.165, 1.54) is 0 Å². The van der Waals surface area contributed by atoms with Gasteiger partial charge in [0.05, 0.1) is 22.6 Å². The number of hydrogen-bond donors (Lipinski definition) is 1. The van der Waals surface area contributed by atoms with Gasteiger partial charge in [0.15, 0.2) is 0 Å². The molecule has 1 amide bonds. The summed E-state index contributed by atoms with van der Waals surface area (Å²) in [5.41, 5.74) is 4.81. The van der Waals surface area contributed by atoms with E-state index in [1.807, 2.05) is 75.4 Å². The third kappa shape index (κ3) is 4.13. The molecule has 158 valence electrons. The quantitative estimate of drug-likeness (QED) is 0.422. The van der Waals surface area contributed by atoms with Gasteiger partial charge in [0.2, 0.25) is 0 Å². The number of thiazole rings is 1. The Bertz CT molecular complexity index is 1230. The van der Waals surface area contributed by atoms with E-state index < -0.39 is 0 Å². The predicted molar refractivity (Wildman–Crippen MR) is 125 cm³/mol. The Balaban J connectivity index is 1.74. The van der Waals surface area contributed by atoms with Gasteiger partial charge in [-0.25, -0.2) is 9.67 Å². The van der Waals surface area contributed by atoms with E-state index in [2.05, 4.69) is 10.4 Å². The Morgan fingerprint density at radius 2 is 1.68 bits per heavy atom. The molecule has 2 heterocycles. The highest BCUT2D eigenvalue weighted by molar-refractivity contribution is 7.11. The maximum Gasteiger partial charge on any atom is 0.257 e. The molecule has 1 unspecified atom stereocenters. The number of rotatable bonds is 5. The van der Waals surface area contributed by atoms with Crippen molar-refractivity contribution in [2.45, 2.75) is 33.7 Å². The Morgan fingerprint density at radius 3 is 2.32 bits per heavy atom. The first-order chi connectivity index (χ1) is 14.9. The van der Waals surface area contributed by atoms with Crippen LogP contribution in [0.5, 0.6) is 0 Å². The molecule has 2 aromatic carbocycles. The van der Waals surface area contributed by atoms with Crippen molar-refractivity contribution in [2.24, 2.45) is 0 Å². The molecule has 0 aliphatic heterocycles. The summed E-state index contributed by atoms with van der Waals surface area (Å²) >= 11 is 8.22. The first-order valence-corrected chi connectivity index (χ1v) is 11.2. The summed E-state index contributed by atoms with van der Waals surface area (Å²) in [7, 11) is 0. The van der Waals surface area contributed by atoms with E-state index in [0.717, 1.165) is 32.4 Å². The third-order valence-electron chi connectivity index (χ3n) is 5.30. The van der Waals surface area contributed by atoms with Crippen LogP contribution in [0, 0.1) is 27.7 Å². The van der Waals surface area contributed by atoms with Crippen LogP contribution >= 0.6 is 22.9 Å². The Labute approximate surface area is 190 Å². The molecule has 0 bridgehead atoms. The number of carbonyl (C=O) groups excluding carboxylic acids is 1. The summed E-state index contributed by atoms with van der Waals surface area (Å²) in [4.78, 5) is 19.3. The second-order valence-corrected chi connectivity index (χ2v) is 9.05. The summed E-state index contributed by atoms with van der Waals surface area (Å²) < 4.78 is 1.59. The van der Waals surface area contributed by atoms with Crippen LogP contribution in [0.25, 0.3) is 5.69 Å². The zero-order valence-corrected chi connectivity index (χ0v) is 19.4. The van der Waals surface area contributed by atoms with Crippen LogP contribution in [0.2, 0.25) is 5.15 Å². The molecule has 0 spiro atoms. The number of nitrogens with zero attached hydrogens (tertiary/aromatic N) is 3. The molecule has 0 saturated carbocycles. The number of aryl methyl sites for hydroxylation is 4. The van der Waals surface area contributed by atoms with Gasteiger partial charge in [-0.1, -0.05) is 54.1 Å². The molecule has 0 saturated heterocycles. The lowest BCUT2D eigenvalue weighted by Crippen LogP contribution is -2.30. The summed E-state index contributed by atoms with van der Waals surface area (Å²) in [6.07, 6.45) is 0. The minimum absolute atomic E-state index is 0.275. The Morgan fingerprint density at radius 1 is 1.00 bits per heavy atom. The van der Waals surface area contributed by atoms with Crippen molar-refractivity contribution < 1.29 is 4.79 Å². The number of benzene rings is 2. The van der Waals surface area contributed by atoms with Crippen LogP contribution in [0.1, 0.15) is 48.8 Å². The Hall–Kier alpha value is -2.96. The van der Waals surface area contributed by atoms with Crippen LogP contribution in [-0.4, -0.2) is 20.7 Å². The van der Waals surface area contributed by atoms with E-state index in [9.17, 15) is 4.79 Å². The molecule has 1 N–H and O–H groups in total. The number of halogens is 1. The lowest BCUT2D eigenvalue weighted by Gasteiger charge is -2.19. The largest absolute Gasteiger partial charge is 0.339 e. The van der Waals surface area contributed by atoms with E-state index in [1.54, 1.807) is 22.9 Å². The van der Waals surface area contributed by atoms with Crippen LogP contribution in [0.15, 0.2) is 54.6 Å². The highest BCUT2D eigenvalue weighted by Crippen LogP contribution is 2.31. The fourth-order valence-electron chi connectivity index (χ4n) is 3.50. The van der Waals surface area contributed by atoms with Crippen molar-refractivity contribution >= 4 is 28.8 Å². The molecule has 4 aromatic rings. The molecule has 0 aliphatic rings. The summed E-state index contributed by atoms with van der Waals surface area (Å²) in [5, 5.41) is 8.80. The molecule has 0 radical (unpaired) electrons. The third-order valence-corrected chi connectivity index (χ3v) is 6.79. The minimum atomic E-state index is -0.373. The molecule has 2 aromatic heterocycles. The van der Waals surface area contributed by atoms with Gasteiger partial charge in [0.1, 0.15) is 16.2 Å². The topological polar surface area (TPSA) is 59.8 Å². The van der Waals surface area contributed by atoms with E-state index in [-0.39, 0.29) is 17.1 Å². The normalized spacial score (nSPS) is 12.0. The number of hydrogen-bond acceptors (Lipinski definition) is 4. The lowest BCUT2D eigenvalue weighted by atomic mass is 10.0. The number of amides is 1. The lowest BCUT2D eigenvalue weighted by molar-refractivity contribution is 0.0942. The van der Waals surface area contributed by atoms with Crippen molar-refractivity contribution in [1.29, 1.82) is 0 Å². The second-order valence-electron chi connectivity index (χ2n) is 7.46. The van der Waals surface area contributed by atoms with Gasteiger partial charge in [0, 0.05) is 4.88 Å². The SMILES string of the molecule is Cc1ccccc1C(NC(=O)c1c(C)nn(-c2ccccc2)c1Cl)c1nc(C)c(C)s1. The van der Waals surface area contributed by atoms with Gasteiger partial charge in [-0.3, -0.25) is 4.79 Å². The number of para-hydroxylation sites is 1. The Kier molecular flexibility index (Phi) is 5.94. The van der Waals surface area contributed by atoms with Crippen molar-refractivity contribution in [1.82, 2.24) is 20.1 Å². The fraction of sp³-hybridized carbons (Fsp3) is 0.208. The van der Waals surface area contributed by atoms with Crippen LogP contribution < -0.4 is 5.32 Å². The predicted octanol–water partition coefficient (Wildman–Crippen LogP) is 5.74. The van der Waals surface area contributed by atoms with Crippen LogP contribution in [-0.2, 0) is 0 Å². The van der Waals surface area contributed by atoms with Crippen molar-refractivity contribution in [3.05, 3.63) is 97.7 Å². The summed E-state index contributed by atoms with van der Waals surface area (Å²) in [6, 6.07) is 17.2. The van der Waals surface area contributed by atoms with Gasteiger partial charge < -0.3 is 5.32 Å². The van der Waals surface area contributed by atoms with Gasteiger partial charge >= 0.3 is 0 Å². The van der Waals surface area contributed by atoms with Crippen molar-refractivity contribution in [3.8, 4) is 5.69 Å². The minimum Gasteiger partial charge on any atom is -0.339 e. The van der Waals surface area contributed by atoms with Crippen LogP contribution in [0.4, 0.5) is 0 Å². The summed E-state index contributed by atoms with van der Waals surface area (Å²) in [5.74, 6) is -0.275. The molecular formula is C24H23ClN4OS. The van der Waals surface area contributed by atoms with Gasteiger partial charge in [-0.15, -0.1) is 11.3 Å². The molecule has 4 rings (SSSR count). The molecule has 7 heteroatoms. The molecule has 31 heavy (non-hydrogen) atoms. The number of aromatic nitrogens is 3. The van der Waals surface area contributed by atoms with Crippen molar-refractivity contribution in [3.63, 3.8) is 0 Å². The monoisotopic (exact) mass is 450 g/mol. The van der Waals surface area contributed by atoms with Crippen LogP contribution in [0.3, 0.4) is 0 Å². The maximum absolute atomic E-state index is 13.4. The molecular weight excluding hydrogens is 428 g/mol. The molecule has 5 nitrogen and oxygen atoms in total. The highest BCUT2D eigenvalue weighted by Gasteiger charge is 2.27. The highest BCUT2D eigenvalue weighted by atomic mass is 35.5. The standard InChI is InChI=1S/C24H23ClN4OS/c1-14-10-8-9-13-19(14)21(24-26-15(2)17(4)31-24)27-23(30)20-16(3)28-29(22(20)25)18-11-6-5-7-12-18/h5-13,21H,1-4H3,(H,27,30). The van der Waals surface area contributed by atoms with Crippen molar-refractivity contribution in [2.75, 3.05) is 0 Å². The first kappa shape index (κ1) is 21.3. The van der Waals surface area contributed by atoms with Gasteiger partial charge in [-0.05, 0) is 51.0 Å². The first-order valence-electron chi connectivity index (χ1n) is 9.97. The molecule has 0 aliphatic carbocycles.